The summed E-state index contributed by atoms with van der Waals surface area (Å²) < 4.78 is 0.969. The van der Waals surface area contributed by atoms with Crippen LogP contribution in [0.15, 0.2) is 28.7 Å². The predicted octanol–water partition coefficient (Wildman–Crippen LogP) is 3.14. The van der Waals surface area contributed by atoms with Crippen molar-refractivity contribution >= 4 is 27.7 Å². The monoisotopic (exact) mass is 380 g/mol. The van der Waals surface area contributed by atoms with Gasteiger partial charge in [-0.1, -0.05) is 41.1 Å². The molecular weight excluding hydrogens is 356 g/mol. The minimum atomic E-state index is 0.0384. The van der Waals surface area contributed by atoms with Gasteiger partial charge >= 0.3 is 0 Å². The van der Waals surface area contributed by atoms with E-state index >= 15 is 0 Å². The molecule has 4 nitrogen and oxygen atoms in total. The first-order valence-corrected chi connectivity index (χ1v) is 9.12. The van der Waals surface area contributed by atoms with Crippen LogP contribution in [0, 0.1) is 5.92 Å². The molecule has 23 heavy (non-hydrogen) atoms. The molecule has 1 saturated heterocycles. The lowest BCUT2D eigenvalue weighted by atomic mass is 9.95. The van der Waals surface area contributed by atoms with Gasteiger partial charge < -0.3 is 10.2 Å². The van der Waals surface area contributed by atoms with Crippen LogP contribution in [0.5, 0.6) is 0 Å². The molecule has 1 N–H and O–H groups in total. The Labute approximate surface area is 146 Å². The second-order valence-corrected chi connectivity index (χ2v) is 7.10. The molecule has 0 saturated carbocycles. The van der Waals surface area contributed by atoms with Crippen LogP contribution >= 0.6 is 15.9 Å². The molecule has 126 valence electrons. The zero-order valence-electron chi connectivity index (χ0n) is 13.8. The van der Waals surface area contributed by atoms with Crippen LogP contribution in [0.1, 0.15) is 38.7 Å². The summed E-state index contributed by atoms with van der Waals surface area (Å²) in [6, 6.07) is 8.03. The Morgan fingerprint density at radius 1 is 1.30 bits per heavy atom. The highest BCUT2D eigenvalue weighted by molar-refractivity contribution is 9.10. The number of nitrogens with zero attached hydrogens (tertiary/aromatic N) is 1. The van der Waals surface area contributed by atoms with E-state index < -0.39 is 0 Å². The molecular formula is C18H25BrN2O2. The van der Waals surface area contributed by atoms with E-state index in [0.717, 1.165) is 29.3 Å². The van der Waals surface area contributed by atoms with E-state index in [4.69, 9.17) is 0 Å². The molecule has 0 aliphatic carbocycles. The minimum absolute atomic E-state index is 0.0384. The van der Waals surface area contributed by atoms with Crippen molar-refractivity contribution in [3.8, 4) is 0 Å². The van der Waals surface area contributed by atoms with Crippen molar-refractivity contribution in [1.29, 1.82) is 0 Å². The van der Waals surface area contributed by atoms with E-state index in [1.54, 1.807) is 0 Å². The first-order valence-electron chi connectivity index (χ1n) is 8.32. The Kier molecular flexibility index (Phi) is 6.63. The number of amides is 2. The molecule has 1 atom stereocenters. The van der Waals surface area contributed by atoms with Crippen LogP contribution in [0.2, 0.25) is 0 Å². The second-order valence-electron chi connectivity index (χ2n) is 6.24. The van der Waals surface area contributed by atoms with E-state index in [-0.39, 0.29) is 23.8 Å². The molecule has 1 heterocycles. The molecule has 1 aromatic carbocycles. The number of rotatable bonds is 5. The third-order valence-electron chi connectivity index (χ3n) is 4.52. The first kappa shape index (κ1) is 18.0. The SMILES string of the molecule is CCC(C)NC(=O)C1CCN(C(=O)Cc2ccccc2Br)CC1. The van der Waals surface area contributed by atoms with Crippen LogP contribution in [0.3, 0.4) is 0 Å². The summed E-state index contributed by atoms with van der Waals surface area (Å²) in [7, 11) is 0. The smallest absolute Gasteiger partial charge is 0.227 e. The number of likely N-dealkylation sites (tertiary alicyclic amines) is 1. The number of hydrogen-bond acceptors (Lipinski definition) is 2. The number of carbonyl (C=O) groups is 2. The summed E-state index contributed by atoms with van der Waals surface area (Å²) >= 11 is 3.48. The van der Waals surface area contributed by atoms with Crippen LogP contribution in [0.4, 0.5) is 0 Å². The Balaban J connectivity index is 1.83. The molecule has 0 aromatic heterocycles. The first-order chi connectivity index (χ1) is 11.0. The third kappa shape index (κ3) is 5.06. The molecule has 5 heteroatoms. The highest BCUT2D eigenvalue weighted by Crippen LogP contribution is 2.21. The largest absolute Gasteiger partial charge is 0.353 e. The molecule has 2 amide bonds. The molecule has 0 radical (unpaired) electrons. The van der Waals surface area contributed by atoms with Crippen LogP contribution < -0.4 is 5.32 Å². The van der Waals surface area contributed by atoms with Crippen molar-refractivity contribution < 1.29 is 9.59 Å². The van der Waals surface area contributed by atoms with Crippen molar-refractivity contribution in [1.82, 2.24) is 10.2 Å². The van der Waals surface area contributed by atoms with E-state index in [0.29, 0.717) is 19.5 Å². The quantitative estimate of drug-likeness (QED) is 0.852. The van der Waals surface area contributed by atoms with Gasteiger partial charge in [-0.3, -0.25) is 9.59 Å². The van der Waals surface area contributed by atoms with E-state index in [1.807, 2.05) is 36.1 Å². The number of hydrogen-bond donors (Lipinski definition) is 1. The standard InChI is InChI=1S/C18H25BrN2O2/c1-3-13(2)20-18(23)14-8-10-21(11-9-14)17(22)12-15-6-4-5-7-16(15)19/h4-7,13-14H,3,8-12H2,1-2H3,(H,20,23). The summed E-state index contributed by atoms with van der Waals surface area (Å²) in [5.74, 6) is 0.312. The number of halogens is 1. The van der Waals surface area contributed by atoms with Gasteiger partial charge in [0.1, 0.15) is 0 Å². The molecule has 1 fully saturated rings. The van der Waals surface area contributed by atoms with Gasteiger partial charge in [-0.25, -0.2) is 0 Å². The van der Waals surface area contributed by atoms with E-state index in [2.05, 4.69) is 28.2 Å². The lowest BCUT2D eigenvalue weighted by Gasteiger charge is -2.32. The molecule has 1 aromatic rings. The normalized spacial score (nSPS) is 16.9. The lowest BCUT2D eigenvalue weighted by molar-refractivity contribution is -0.135. The number of piperidine rings is 1. The Bertz CT molecular complexity index is 554. The highest BCUT2D eigenvalue weighted by atomic mass is 79.9. The summed E-state index contributed by atoms with van der Waals surface area (Å²) in [5, 5.41) is 3.04. The fourth-order valence-corrected chi connectivity index (χ4v) is 3.20. The van der Waals surface area contributed by atoms with Gasteiger partial charge in [0.15, 0.2) is 0 Å². The number of nitrogens with one attached hydrogen (secondary N) is 1. The summed E-state index contributed by atoms with van der Waals surface area (Å²) in [6.45, 7) is 5.42. The van der Waals surface area contributed by atoms with Crippen LogP contribution in [-0.2, 0) is 16.0 Å². The summed E-state index contributed by atoms with van der Waals surface area (Å²) in [5.41, 5.74) is 1.01. The van der Waals surface area contributed by atoms with Crippen molar-refractivity contribution in [3.05, 3.63) is 34.3 Å². The maximum atomic E-state index is 12.4. The van der Waals surface area contributed by atoms with Gasteiger partial charge in [-0.15, -0.1) is 0 Å². The van der Waals surface area contributed by atoms with Gasteiger partial charge in [0.2, 0.25) is 11.8 Å². The van der Waals surface area contributed by atoms with Crippen LogP contribution in [0.25, 0.3) is 0 Å². The Morgan fingerprint density at radius 2 is 1.96 bits per heavy atom. The van der Waals surface area contributed by atoms with Crippen molar-refractivity contribution in [3.63, 3.8) is 0 Å². The van der Waals surface area contributed by atoms with Gasteiger partial charge in [-0.05, 0) is 37.8 Å². The molecule has 1 aliphatic heterocycles. The minimum Gasteiger partial charge on any atom is -0.353 e. The average Bonchev–Trinajstić information content (AvgIpc) is 2.56. The fraction of sp³-hybridized carbons (Fsp3) is 0.556. The summed E-state index contributed by atoms with van der Waals surface area (Å²) in [6.07, 6.45) is 2.86. The molecule has 0 spiro atoms. The third-order valence-corrected chi connectivity index (χ3v) is 5.29. The van der Waals surface area contributed by atoms with Crippen molar-refractivity contribution in [2.75, 3.05) is 13.1 Å². The maximum Gasteiger partial charge on any atom is 0.227 e. The second kappa shape index (κ2) is 8.48. The van der Waals surface area contributed by atoms with Gasteiger partial charge in [0.25, 0.3) is 0 Å². The topological polar surface area (TPSA) is 49.4 Å². The molecule has 0 bridgehead atoms. The number of carbonyl (C=O) groups excluding carboxylic acids is 2. The Morgan fingerprint density at radius 3 is 2.57 bits per heavy atom. The van der Waals surface area contributed by atoms with Crippen LogP contribution in [-0.4, -0.2) is 35.8 Å². The maximum absolute atomic E-state index is 12.4. The van der Waals surface area contributed by atoms with Gasteiger partial charge in [-0.2, -0.15) is 0 Å². The van der Waals surface area contributed by atoms with E-state index in [9.17, 15) is 9.59 Å². The average molecular weight is 381 g/mol. The fourth-order valence-electron chi connectivity index (χ4n) is 2.77. The van der Waals surface area contributed by atoms with Crippen molar-refractivity contribution in [2.45, 2.75) is 45.6 Å². The molecule has 2 rings (SSSR count). The Hall–Kier alpha value is -1.36. The zero-order valence-corrected chi connectivity index (χ0v) is 15.4. The lowest BCUT2D eigenvalue weighted by Crippen LogP contribution is -2.45. The van der Waals surface area contributed by atoms with Gasteiger partial charge in [0, 0.05) is 29.5 Å². The molecule has 1 unspecified atom stereocenters. The highest BCUT2D eigenvalue weighted by Gasteiger charge is 2.27. The number of benzene rings is 1. The van der Waals surface area contributed by atoms with E-state index in [1.165, 1.54) is 0 Å². The summed E-state index contributed by atoms with van der Waals surface area (Å²) in [4.78, 5) is 26.5. The zero-order chi connectivity index (χ0) is 16.8. The van der Waals surface area contributed by atoms with Gasteiger partial charge in [0.05, 0.1) is 6.42 Å². The molecule has 1 aliphatic rings. The predicted molar refractivity (Wildman–Crippen MR) is 95.0 cm³/mol. The van der Waals surface area contributed by atoms with Crippen molar-refractivity contribution in [2.24, 2.45) is 5.92 Å².